The molecule has 0 aliphatic carbocycles. The summed E-state index contributed by atoms with van der Waals surface area (Å²) in [5.74, 6) is -0.0468. The molecule has 0 aromatic heterocycles. The number of carbonyl (C=O) groups excluding carboxylic acids is 1. The SMILES string of the molecule is O=C(/C=C/c1cccc(Cl)c1Cl)c1ccc(O)cc1. The summed E-state index contributed by atoms with van der Waals surface area (Å²) in [6.07, 6.45) is 3.04. The van der Waals surface area contributed by atoms with Crippen molar-refractivity contribution in [1.29, 1.82) is 0 Å². The molecule has 4 heteroatoms. The van der Waals surface area contributed by atoms with Crippen LogP contribution in [0, 0.1) is 0 Å². The van der Waals surface area contributed by atoms with E-state index in [2.05, 4.69) is 0 Å². The number of aromatic hydroxyl groups is 1. The first-order valence-corrected chi connectivity index (χ1v) is 6.29. The fourth-order valence-electron chi connectivity index (χ4n) is 1.54. The maximum Gasteiger partial charge on any atom is 0.185 e. The second-order valence-corrected chi connectivity index (χ2v) is 4.67. The van der Waals surface area contributed by atoms with Gasteiger partial charge in [0.15, 0.2) is 5.78 Å². The highest BCUT2D eigenvalue weighted by atomic mass is 35.5. The average Bonchev–Trinajstić information content (AvgIpc) is 2.41. The van der Waals surface area contributed by atoms with Crippen LogP contribution in [0.3, 0.4) is 0 Å². The van der Waals surface area contributed by atoms with Gasteiger partial charge in [-0.3, -0.25) is 4.79 Å². The van der Waals surface area contributed by atoms with Crippen molar-refractivity contribution >= 4 is 35.1 Å². The molecular formula is C15H10Cl2O2. The molecule has 2 nitrogen and oxygen atoms in total. The first-order valence-electron chi connectivity index (χ1n) is 5.53. The lowest BCUT2D eigenvalue weighted by Gasteiger charge is -2.00. The molecule has 0 amide bonds. The van der Waals surface area contributed by atoms with Gasteiger partial charge in [0.2, 0.25) is 0 Å². The van der Waals surface area contributed by atoms with Crippen LogP contribution in [-0.2, 0) is 0 Å². The van der Waals surface area contributed by atoms with Gasteiger partial charge < -0.3 is 5.11 Å². The van der Waals surface area contributed by atoms with Crippen LogP contribution in [-0.4, -0.2) is 10.9 Å². The second-order valence-electron chi connectivity index (χ2n) is 3.89. The van der Waals surface area contributed by atoms with Gasteiger partial charge >= 0.3 is 0 Å². The highest BCUT2D eigenvalue weighted by Gasteiger charge is 2.04. The summed E-state index contributed by atoms with van der Waals surface area (Å²) in [5, 5.41) is 10.0. The van der Waals surface area contributed by atoms with Crippen LogP contribution in [0.5, 0.6) is 5.75 Å². The topological polar surface area (TPSA) is 37.3 Å². The number of hydrogen-bond acceptors (Lipinski definition) is 2. The molecule has 2 rings (SSSR count). The minimum absolute atomic E-state index is 0.124. The van der Waals surface area contributed by atoms with Crippen molar-refractivity contribution < 1.29 is 9.90 Å². The van der Waals surface area contributed by atoms with Gasteiger partial charge in [-0.2, -0.15) is 0 Å². The average molecular weight is 293 g/mol. The van der Waals surface area contributed by atoms with Crippen LogP contribution < -0.4 is 0 Å². The van der Waals surface area contributed by atoms with Crippen LogP contribution in [0.15, 0.2) is 48.5 Å². The van der Waals surface area contributed by atoms with Gasteiger partial charge in [-0.25, -0.2) is 0 Å². The molecule has 19 heavy (non-hydrogen) atoms. The maximum atomic E-state index is 11.9. The van der Waals surface area contributed by atoms with Crippen LogP contribution in [0.25, 0.3) is 6.08 Å². The third-order valence-electron chi connectivity index (χ3n) is 2.55. The Morgan fingerprint density at radius 2 is 1.74 bits per heavy atom. The van der Waals surface area contributed by atoms with Crippen molar-refractivity contribution in [1.82, 2.24) is 0 Å². The molecule has 0 radical (unpaired) electrons. The molecule has 0 fully saturated rings. The van der Waals surface area contributed by atoms with E-state index in [1.165, 1.54) is 18.2 Å². The van der Waals surface area contributed by atoms with Crippen molar-refractivity contribution in [3.63, 3.8) is 0 Å². The zero-order chi connectivity index (χ0) is 13.8. The molecule has 0 atom stereocenters. The summed E-state index contributed by atoms with van der Waals surface area (Å²) in [6.45, 7) is 0. The molecule has 0 unspecified atom stereocenters. The number of carbonyl (C=O) groups is 1. The number of hydrogen-bond donors (Lipinski definition) is 1. The van der Waals surface area contributed by atoms with E-state index in [-0.39, 0.29) is 11.5 Å². The molecule has 96 valence electrons. The Balaban J connectivity index is 2.21. The van der Waals surface area contributed by atoms with Gasteiger partial charge in [-0.05, 0) is 48.0 Å². The summed E-state index contributed by atoms with van der Waals surface area (Å²) in [6, 6.07) is 11.3. The van der Waals surface area contributed by atoms with E-state index >= 15 is 0 Å². The van der Waals surface area contributed by atoms with Crippen LogP contribution in [0.1, 0.15) is 15.9 Å². The van der Waals surface area contributed by atoms with Crippen molar-refractivity contribution in [2.45, 2.75) is 0 Å². The number of halogens is 2. The molecule has 2 aromatic carbocycles. The zero-order valence-electron chi connectivity index (χ0n) is 9.81. The number of benzene rings is 2. The molecular weight excluding hydrogens is 283 g/mol. The van der Waals surface area contributed by atoms with Crippen LogP contribution in [0.2, 0.25) is 10.0 Å². The molecule has 0 saturated carbocycles. The summed E-state index contributed by atoms with van der Waals surface area (Å²) >= 11 is 11.9. The first kappa shape index (κ1) is 13.7. The van der Waals surface area contributed by atoms with E-state index in [1.807, 2.05) is 0 Å². The third kappa shape index (κ3) is 3.37. The summed E-state index contributed by atoms with van der Waals surface area (Å²) < 4.78 is 0. The maximum absolute atomic E-state index is 11.9. The predicted octanol–water partition coefficient (Wildman–Crippen LogP) is 4.60. The van der Waals surface area contributed by atoms with Crippen molar-refractivity contribution in [3.05, 3.63) is 69.7 Å². The van der Waals surface area contributed by atoms with Gasteiger partial charge in [0.25, 0.3) is 0 Å². The lowest BCUT2D eigenvalue weighted by Crippen LogP contribution is -1.93. The lowest BCUT2D eigenvalue weighted by molar-refractivity contribution is 0.104. The van der Waals surface area contributed by atoms with Gasteiger partial charge in [0.1, 0.15) is 5.75 Å². The summed E-state index contributed by atoms with van der Waals surface area (Å²) in [5.41, 5.74) is 1.17. The van der Waals surface area contributed by atoms with E-state index in [1.54, 1.807) is 36.4 Å². The Hall–Kier alpha value is -1.77. The van der Waals surface area contributed by atoms with E-state index in [9.17, 15) is 4.79 Å². The van der Waals surface area contributed by atoms with Gasteiger partial charge in [-0.1, -0.05) is 35.3 Å². The predicted molar refractivity (Wildman–Crippen MR) is 77.9 cm³/mol. The van der Waals surface area contributed by atoms with E-state index in [4.69, 9.17) is 28.3 Å². The highest BCUT2D eigenvalue weighted by Crippen LogP contribution is 2.26. The van der Waals surface area contributed by atoms with E-state index < -0.39 is 0 Å². The minimum Gasteiger partial charge on any atom is -0.508 e. The van der Waals surface area contributed by atoms with Gasteiger partial charge in [0, 0.05) is 5.56 Å². The van der Waals surface area contributed by atoms with Crippen molar-refractivity contribution in [2.75, 3.05) is 0 Å². The molecule has 2 aromatic rings. The monoisotopic (exact) mass is 292 g/mol. The Morgan fingerprint density at radius 3 is 2.42 bits per heavy atom. The normalized spacial score (nSPS) is 10.8. The van der Waals surface area contributed by atoms with Crippen LogP contribution in [0.4, 0.5) is 0 Å². The molecule has 0 aliphatic heterocycles. The number of phenolic OH excluding ortho intramolecular Hbond substituents is 1. The quantitative estimate of drug-likeness (QED) is 0.663. The Morgan fingerprint density at radius 1 is 1.05 bits per heavy atom. The van der Waals surface area contributed by atoms with E-state index in [0.29, 0.717) is 21.2 Å². The summed E-state index contributed by atoms with van der Waals surface area (Å²) in [7, 11) is 0. The summed E-state index contributed by atoms with van der Waals surface area (Å²) in [4.78, 5) is 11.9. The fraction of sp³-hybridized carbons (Fsp3) is 0. The molecule has 1 N–H and O–H groups in total. The Kier molecular flexibility index (Phi) is 4.25. The van der Waals surface area contributed by atoms with Gasteiger partial charge in [0.05, 0.1) is 10.0 Å². The third-order valence-corrected chi connectivity index (χ3v) is 3.38. The number of rotatable bonds is 3. The molecule has 0 heterocycles. The molecule has 0 spiro atoms. The van der Waals surface area contributed by atoms with Gasteiger partial charge in [-0.15, -0.1) is 0 Å². The highest BCUT2D eigenvalue weighted by molar-refractivity contribution is 6.42. The second kappa shape index (κ2) is 5.91. The smallest absolute Gasteiger partial charge is 0.185 e. The largest absolute Gasteiger partial charge is 0.508 e. The standard InChI is InChI=1S/C15H10Cl2O2/c16-13-3-1-2-11(15(13)17)6-9-14(19)10-4-7-12(18)8-5-10/h1-9,18H/b9-6+. The van der Waals surface area contributed by atoms with Crippen molar-refractivity contribution in [3.8, 4) is 5.75 Å². The molecule has 0 saturated heterocycles. The fourth-order valence-corrected chi connectivity index (χ4v) is 1.91. The number of allylic oxidation sites excluding steroid dienone is 1. The number of phenols is 1. The lowest BCUT2D eigenvalue weighted by atomic mass is 10.1. The van der Waals surface area contributed by atoms with Crippen LogP contribution >= 0.6 is 23.2 Å². The molecule has 0 bridgehead atoms. The minimum atomic E-state index is -0.170. The Labute approximate surface area is 120 Å². The number of ketones is 1. The van der Waals surface area contributed by atoms with Crippen molar-refractivity contribution in [2.24, 2.45) is 0 Å². The molecule has 0 aliphatic rings. The first-order chi connectivity index (χ1) is 9.08. The van der Waals surface area contributed by atoms with E-state index in [0.717, 1.165) is 0 Å². The Bertz CT molecular complexity index is 631. The zero-order valence-corrected chi connectivity index (χ0v) is 11.3.